The Morgan fingerprint density at radius 1 is 1.40 bits per heavy atom. The monoisotopic (exact) mass is 295 g/mol. The van der Waals surface area contributed by atoms with Gasteiger partial charge in [-0.25, -0.2) is 9.78 Å². The van der Waals surface area contributed by atoms with Crippen molar-refractivity contribution in [2.24, 2.45) is 0 Å². The van der Waals surface area contributed by atoms with E-state index >= 15 is 0 Å². The van der Waals surface area contributed by atoms with E-state index in [-0.39, 0.29) is 10.8 Å². The molecule has 0 bridgehead atoms. The largest absolute Gasteiger partial charge is 0.324 e. The first-order chi connectivity index (χ1) is 9.38. The van der Waals surface area contributed by atoms with Gasteiger partial charge in [-0.05, 0) is 39.3 Å². The van der Waals surface area contributed by atoms with Crippen LogP contribution in [-0.4, -0.2) is 43.7 Å². The molecule has 1 aromatic rings. The minimum atomic E-state index is -0.893. The van der Waals surface area contributed by atoms with Gasteiger partial charge >= 0.3 is 6.03 Å². The molecule has 2 heterocycles. The lowest BCUT2D eigenvalue weighted by atomic mass is 10.1. The van der Waals surface area contributed by atoms with Crippen molar-refractivity contribution in [3.8, 4) is 0 Å². The van der Waals surface area contributed by atoms with Crippen LogP contribution in [0.15, 0.2) is 18.2 Å². The lowest BCUT2D eigenvalue weighted by Crippen LogP contribution is -2.37. The fraction of sp³-hybridized carbons (Fsp3) is 0.571. The second-order valence-electron chi connectivity index (χ2n) is 5.64. The van der Waals surface area contributed by atoms with Crippen molar-refractivity contribution >= 4 is 22.6 Å². The number of rotatable bonds is 1. The van der Waals surface area contributed by atoms with Crippen LogP contribution < -0.4 is 5.32 Å². The maximum Gasteiger partial charge on any atom is 0.323 e. The molecule has 5 nitrogen and oxygen atoms in total. The third-order valence-electron chi connectivity index (χ3n) is 3.56. The van der Waals surface area contributed by atoms with Gasteiger partial charge in [0.15, 0.2) is 0 Å². The topological polar surface area (TPSA) is 62.3 Å². The van der Waals surface area contributed by atoms with Crippen molar-refractivity contribution in [3.05, 3.63) is 23.9 Å². The van der Waals surface area contributed by atoms with E-state index < -0.39 is 10.8 Å². The number of urea groups is 1. The summed E-state index contributed by atoms with van der Waals surface area (Å²) >= 11 is 0. The van der Waals surface area contributed by atoms with E-state index in [4.69, 9.17) is 0 Å². The second-order valence-corrected chi connectivity index (χ2v) is 7.85. The molecule has 0 radical (unpaired) electrons. The van der Waals surface area contributed by atoms with Gasteiger partial charge in [0.2, 0.25) is 0 Å². The van der Waals surface area contributed by atoms with Gasteiger partial charge in [-0.15, -0.1) is 0 Å². The third-order valence-corrected chi connectivity index (χ3v) is 5.55. The van der Waals surface area contributed by atoms with Crippen molar-refractivity contribution < 1.29 is 9.00 Å². The Hall–Kier alpha value is -1.43. The molecule has 1 fully saturated rings. The number of carbonyl (C=O) groups excluding carboxylic acids is 1. The molecule has 0 saturated carbocycles. The molecule has 1 saturated heterocycles. The SMILES string of the molecule is Cc1cccc(NC(=O)N2CC[S@](=O)C(C)(C)CC2)n1. The zero-order chi connectivity index (χ0) is 14.8. The lowest BCUT2D eigenvalue weighted by molar-refractivity contribution is 0.214. The zero-order valence-electron chi connectivity index (χ0n) is 12.2. The number of anilines is 1. The summed E-state index contributed by atoms with van der Waals surface area (Å²) in [6.45, 7) is 7.01. The molecule has 1 aliphatic rings. The van der Waals surface area contributed by atoms with Gasteiger partial charge in [0.1, 0.15) is 5.82 Å². The number of hydrogen-bond acceptors (Lipinski definition) is 3. The van der Waals surface area contributed by atoms with Crippen LogP contribution in [0.25, 0.3) is 0 Å². The number of aromatic nitrogens is 1. The van der Waals surface area contributed by atoms with E-state index in [0.29, 0.717) is 24.7 Å². The molecule has 2 amide bonds. The van der Waals surface area contributed by atoms with Gasteiger partial charge in [-0.1, -0.05) is 6.07 Å². The Labute approximate surface area is 122 Å². The molecule has 1 aromatic heterocycles. The molecule has 0 unspecified atom stereocenters. The fourth-order valence-corrected chi connectivity index (χ4v) is 3.36. The van der Waals surface area contributed by atoms with Crippen molar-refractivity contribution in [1.82, 2.24) is 9.88 Å². The molecule has 1 N–H and O–H groups in total. The van der Waals surface area contributed by atoms with E-state index in [9.17, 15) is 9.00 Å². The van der Waals surface area contributed by atoms with Crippen molar-refractivity contribution in [2.75, 3.05) is 24.2 Å². The van der Waals surface area contributed by atoms with Crippen molar-refractivity contribution in [3.63, 3.8) is 0 Å². The van der Waals surface area contributed by atoms with Gasteiger partial charge in [-0.2, -0.15) is 0 Å². The first-order valence-corrected chi connectivity index (χ1v) is 8.08. The Morgan fingerprint density at radius 2 is 2.15 bits per heavy atom. The number of carbonyl (C=O) groups is 1. The first-order valence-electron chi connectivity index (χ1n) is 6.76. The van der Waals surface area contributed by atoms with Crippen LogP contribution in [0, 0.1) is 6.92 Å². The highest BCUT2D eigenvalue weighted by atomic mass is 32.2. The van der Waals surface area contributed by atoms with Crippen LogP contribution >= 0.6 is 0 Å². The highest BCUT2D eigenvalue weighted by Gasteiger charge is 2.31. The Kier molecular flexibility index (Phi) is 4.42. The van der Waals surface area contributed by atoms with Crippen molar-refractivity contribution in [2.45, 2.75) is 31.9 Å². The molecule has 0 spiro atoms. The number of nitrogens with one attached hydrogen (secondary N) is 1. The summed E-state index contributed by atoms with van der Waals surface area (Å²) in [6, 6.07) is 5.34. The summed E-state index contributed by atoms with van der Waals surface area (Å²) < 4.78 is 11.8. The van der Waals surface area contributed by atoms with E-state index in [1.165, 1.54) is 0 Å². The number of hydrogen-bond donors (Lipinski definition) is 1. The standard InChI is InChI=1S/C14H21N3O2S/c1-11-5-4-6-12(15-11)16-13(18)17-8-7-14(2,3)20(19)10-9-17/h4-6H,7-10H2,1-3H3,(H,15,16,18)/t20-/m0/s1. The average molecular weight is 295 g/mol. The number of pyridine rings is 1. The molecular formula is C14H21N3O2S. The van der Waals surface area contributed by atoms with Gasteiger partial charge < -0.3 is 4.90 Å². The average Bonchev–Trinajstić information content (AvgIpc) is 2.50. The van der Waals surface area contributed by atoms with Gasteiger partial charge in [0, 0.05) is 40.1 Å². The van der Waals surface area contributed by atoms with E-state index in [2.05, 4.69) is 10.3 Å². The molecule has 110 valence electrons. The molecule has 1 atom stereocenters. The summed E-state index contributed by atoms with van der Waals surface area (Å²) in [4.78, 5) is 18.2. The van der Waals surface area contributed by atoms with Gasteiger partial charge in [0.05, 0.1) is 0 Å². The van der Waals surface area contributed by atoms with E-state index in [0.717, 1.165) is 12.1 Å². The number of amides is 2. The maximum atomic E-state index is 12.2. The maximum absolute atomic E-state index is 12.2. The third kappa shape index (κ3) is 3.56. The van der Waals surface area contributed by atoms with Crippen LogP contribution in [0.1, 0.15) is 26.0 Å². The normalized spacial score (nSPS) is 22.1. The fourth-order valence-electron chi connectivity index (χ4n) is 2.10. The van der Waals surface area contributed by atoms with Gasteiger partial charge in [0.25, 0.3) is 0 Å². The number of nitrogens with zero attached hydrogens (tertiary/aromatic N) is 2. The Balaban J connectivity index is 2.01. The minimum Gasteiger partial charge on any atom is -0.324 e. The summed E-state index contributed by atoms with van der Waals surface area (Å²) in [6.07, 6.45) is 0.744. The Bertz CT molecular complexity index is 531. The zero-order valence-corrected chi connectivity index (χ0v) is 13.0. The molecule has 0 aromatic carbocycles. The predicted molar refractivity (Wildman–Crippen MR) is 81.3 cm³/mol. The first kappa shape index (κ1) is 15.0. The van der Waals surface area contributed by atoms with Crippen LogP contribution in [0.4, 0.5) is 10.6 Å². The quantitative estimate of drug-likeness (QED) is 0.863. The van der Waals surface area contributed by atoms with E-state index in [1.54, 1.807) is 11.0 Å². The predicted octanol–water partition coefficient (Wildman–Crippen LogP) is 2.15. The summed E-state index contributed by atoms with van der Waals surface area (Å²) in [7, 11) is -0.893. The highest BCUT2D eigenvalue weighted by Crippen LogP contribution is 2.22. The molecule has 2 rings (SSSR count). The Morgan fingerprint density at radius 3 is 2.85 bits per heavy atom. The second kappa shape index (κ2) is 5.91. The van der Waals surface area contributed by atoms with Crippen molar-refractivity contribution in [1.29, 1.82) is 0 Å². The smallest absolute Gasteiger partial charge is 0.323 e. The minimum absolute atomic E-state index is 0.169. The van der Waals surface area contributed by atoms with Crippen LogP contribution in [0.3, 0.4) is 0 Å². The highest BCUT2D eigenvalue weighted by molar-refractivity contribution is 7.86. The molecule has 20 heavy (non-hydrogen) atoms. The van der Waals surface area contributed by atoms with Crippen LogP contribution in [0.5, 0.6) is 0 Å². The van der Waals surface area contributed by atoms with Gasteiger partial charge in [-0.3, -0.25) is 9.53 Å². The molecule has 0 aliphatic carbocycles. The van der Waals surface area contributed by atoms with Crippen LogP contribution in [0.2, 0.25) is 0 Å². The number of aryl methyl sites for hydroxylation is 1. The van der Waals surface area contributed by atoms with Crippen LogP contribution in [-0.2, 0) is 10.8 Å². The molecular weight excluding hydrogens is 274 g/mol. The summed E-state index contributed by atoms with van der Waals surface area (Å²) in [5.41, 5.74) is 0.862. The lowest BCUT2D eigenvalue weighted by Gasteiger charge is -2.22. The summed E-state index contributed by atoms with van der Waals surface area (Å²) in [5, 5.41) is 2.80. The summed E-state index contributed by atoms with van der Waals surface area (Å²) in [5.74, 6) is 1.08. The molecule has 6 heteroatoms. The molecule has 1 aliphatic heterocycles. The van der Waals surface area contributed by atoms with E-state index in [1.807, 2.05) is 32.9 Å².